The molecule has 2 heterocycles. The number of aliphatic hydroxyl groups is 1. The fraction of sp³-hybridized carbons (Fsp3) is 0.273. The van der Waals surface area contributed by atoms with Crippen molar-refractivity contribution < 1.29 is 9.84 Å². The van der Waals surface area contributed by atoms with E-state index in [0.29, 0.717) is 17.1 Å². The Balaban J connectivity index is 2.23. The topological polar surface area (TPSA) is 60.2 Å². The lowest BCUT2D eigenvalue weighted by molar-refractivity contribution is 0.213. The number of hydrogen-bond donors (Lipinski definition) is 1. The van der Waals surface area contributed by atoms with Gasteiger partial charge in [0.25, 0.3) is 0 Å². The molecule has 2 aromatic rings. The van der Waals surface area contributed by atoms with E-state index in [2.05, 4.69) is 10.1 Å². The van der Waals surface area contributed by atoms with E-state index in [1.807, 2.05) is 7.05 Å². The quantitative estimate of drug-likeness (QED) is 0.833. The molecule has 16 heavy (non-hydrogen) atoms. The molecule has 0 saturated heterocycles. The monoisotopic (exact) mass is 219 g/mol. The first-order valence-corrected chi connectivity index (χ1v) is 4.88. The summed E-state index contributed by atoms with van der Waals surface area (Å²) in [7, 11) is 3.36. The normalized spacial score (nSPS) is 12.4. The molecular formula is C11H13N3O2. The molecule has 5 nitrogen and oxygen atoms in total. The molecule has 5 heteroatoms. The van der Waals surface area contributed by atoms with E-state index in [-0.39, 0.29) is 0 Å². The van der Waals surface area contributed by atoms with Gasteiger partial charge in [0.2, 0.25) is 5.88 Å². The molecule has 2 aromatic heterocycles. The SMILES string of the molecule is COc1ccc(C(O)c2ccn(C)n2)cn1. The number of ether oxygens (including phenoxy) is 1. The summed E-state index contributed by atoms with van der Waals surface area (Å²) >= 11 is 0. The highest BCUT2D eigenvalue weighted by molar-refractivity contribution is 5.25. The van der Waals surface area contributed by atoms with Gasteiger partial charge in [0.15, 0.2) is 0 Å². The molecule has 0 spiro atoms. The summed E-state index contributed by atoms with van der Waals surface area (Å²) < 4.78 is 6.59. The van der Waals surface area contributed by atoms with E-state index in [1.165, 1.54) is 0 Å². The van der Waals surface area contributed by atoms with Crippen LogP contribution in [0.5, 0.6) is 5.88 Å². The Morgan fingerprint density at radius 2 is 2.19 bits per heavy atom. The first kappa shape index (κ1) is 10.6. The van der Waals surface area contributed by atoms with Crippen LogP contribution in [0.15, 0.2) is 30.6 Å². The standard InChI is InChI=1S/C11H13N3O2/c1-14-6-5-9(13-14)11(15)8-3-4-10(16-2)12-7-8/h3-7,11,15H,1-2H3. The molecule has 0 aliphatic carbocycles. The summed E-state index contributed by atoms with van der Waals surface area (Å²) in [6.07, 6.45) is 2.62. The highest BCUT2D eigenvalue weighted by Crippen LogP contribution is 2.20. The maximum Gasteiger partial charge on any atom is 0.212 e. The summed E-state index contributed by atoms with van der Waals surface area (Å²) in [5.41, 5.74) is 1.30. The lowest BCUT2D eigenvalue weighted by Crippen LogP contribution is -2.02. The van der Waals surface area contributed by atoms with Crippen molar-refractivity contribution in [3.63, 3.8) is 0 Å². The third-order valence-corrected chi connectivity index (χ3v) is 2.30. The Bertz CT molecular complexity index is 464. The second kappa shape index (κ2) is 4.32. The zero-order valence-corrected chi connectivity index (χ0v) is 9.16. The Morgan fingerprint density at radius 3 is 2.69 bits per heavy atom. The first-order valence-electron chi connectivity index (χ1n) is 4.88. The molecule has 1 atom stereocenters. The fourth-order valence-electron chi connectivity index (χ4n) is 1.42. The molecular weight excluding hydrogens is 206 g/mol. The number of aliphatic hydroxyl groups excluding tert-OH is 1. The zero-order valence-electron chi connectivity index (χ0n) is 9.16. The average Bonchev–Trinajstić information content (AvgIpc) is 2.75. The second-order valence-electron chi connectivity index (χ2n) is 3.45. The third-order valence-electron chi connectivity index (χ3n) is 2.30. The van der Waals surface area contributed by atoms with Gasteiger partial charge in [-0.3, -0.25) is 4.68 Å². The van der Waals surface area contributed by atoms with E-state index in [1.54, 1.807) is 42.4 Å². The van der Waals surface area contributed by atoms with E-state index >= 15 is 0 Å². The molecule has 0 saturated carbocycles. The Hall–Kier alpha value is -1.88. The van der Waals surface area contributed by atoms with Gasteiger partial charge >= 0.3 is 0 Å². The van der Waals surface area contributed by atoms with Gasteiger partial charge in [-0.2, -0.15) is 5.10 Å². The molecule has 0 aliphatic heterocycles. The van der Waals surface area contributed by atoms with Crippen LogP contribution in [0.25, 0.3) is 0 Å². The Kier molecular flexibility index (Phi) is 2.87. The van der Waals surface area contributed by atoms with E-state index < -0.39 is 6.10 Å². The van der Waals surface area contributed by atoms with Crippen LogP contribution in [-0.4, -0.2) is 27.0 Å². The van der Waals surface area contributed by atoms with Crippen molar-refractivity contribution in [3.05, 3.63) is 41.9 Å². The summed E-state index contributed by atoms with van der Waals surface area (Å²) in [6, 6.07) is 5.25. The van der Waals surface area contributed by atoms with E-state index in [9.17, 15) is 5.11 Å². The molecule has 0 radical (unpaired) electrons. The van der Waals surface area contributed by atoms with Gasteiger partial charge in [-0.05, 0) is 12.1 Å². The molecule has 0 aliphatic rings. The number of rotatable bonds is 3. The van der Waals surface area contributed by atoms with Gasteiger partial charge in [0, 0.05) is 31.1 Å². The summed E-state index contributed by atoms with van der Waals surface area (Å²) in [6.45, 7) is 0. The molecule has 84 valence electrons. The maximum absolute atomic E-state index is 10.0. The minimum Gasteiger partial charge on any atom is -0.481 e. The number of aromatic nitrogens is 3. The van der Waals surface area contributed by atoms with Gasteiger partial charge < -0.3 is 9.84 Å². The first-order chi connectivity index (χ1) is 7.70. The van der Waals surface area contributed by atoms with E-state index in [4.69, 9.17) is 4.74 Å². The molecule has 1 unspecified atom stereocenters. The van der Waals surface area contributed by atoms with Crippen LogP contribution in [0, 0.1) is 0 Å². The van der Waals surface area contributed by atoms with Crippen molar-refractivity contribution in [2.45, 2.75) is 6.10 Å². The predicted molar refractivity (Wildman–Crippen MR) is 58.1 cm³/mol. The highest BCUT2D eigenvalue weighted by Gasteiger charge is 2.13. The Morgan fingerprint density at radius 1 is 1.38 bits per heavy atom. The van der Waals surface area contributed by atoms with Crippen molar-refractivity contribution in [1.82, 2.24) is 14.8 Å². The summed E-state index contributed by atoms with van der Waals surface area (Å²) in [5, 5.41) is 14.1. The number of aryl methyl sites for hydroxylation is 1. The molecule has 0 aromatic carbocycles. The summed E-state index contributed by atoms with van der Waals surface area (Å²) in [5.74, 6) is 0.525. The minimum atomic E-state index is -0.750. The largest absolute Gasteiger partial charge is 0.481 e. The molecule has 2 rings (SSSR count). The second-order valence-corrected chi connectivity index (χ2v) is 3.45. The van der Waals surface area contributed by atoms with Crippen LogP contribution >= 0.6 is 0 Å². The van der Waals surface area contributed by atoms with Gasteiger partial charge in [0.1, 0.15) is 6.10 Å². The van der Waals surface area contributed by atoms with Crippen LogP contribution in [0.2, 0.25) is 0 Å². The molecule has 0 amide bonds. The van der Waals surface area contributed by atoms with Crippen LogP contribution in [0.3, 0.4) is 0 Å². The van der Waals surface area contributed by atoms with Crippen molar-refractivity contribution in [3.8, 4) is 5.88 Å². The average molecular weight is 219 g/mol. The number of methoxy groups -OCH3 is 1. The van der Waals surface area contributed by atoms with Crippen LogP contribution in [0.4, 0.5) is 0 Å². The molecule has 0 bridgehead atoms. The predicted octanol–water partition coefficient (Wildman–Crippen LogP) is 0.905. The van der Waals surface area contributed by atoms with Crippen molar-refractivity contribution >= 4 is 0 Å². The van der Waals surface area contributed by atoms with Gasteiger partial charge in [0.05, 0.1) is 12.8 Å². The Labute approximate surface area is 93.3 Å². The van der Waals surface area contributed by atoms with Crippen molar-refractivity contribution in [2.75, 3.05) is 7.11 Å². The fourth-order valence-corrected chi connectivity index (χ4v) is 1.42. The number of nitrogens with zero attached hydrogens (tertiary/aromatic N) is 3. The molecule has 1 N–H and O–H groups in total. The van der Waals surface area contributed by atoms with Crippen LogP contribution in [0.1, 0.15) is 17.4 Å². The number of hydrogen-bond acceptors (Lipinski definition) is 4. The van der Waals surface area contributed by atoms with Gasteiger partial charge in [-0.15, -0.1) is 0 Å². The summed E-state index contributed by atoms with van der Waals surface area (Å²) in [4.78, 5) is 4.03. The smallest absolute Gasteiger partial charge is 0.212 e. The number of pyridine rings is 1. The van der Waals surface area contributed by atoms with Gasteiger partial charge in [-0.25, -0.2) is 4.98 Å². The lowest BCUT2D eigenvalue weighted by Gasteiger charge is -2.07. The van der Waals surface area contributed by atoms with Crippen molar-refractivity contribution in [1.29, 1.82) is 0 Å². The van der Waals surface area contributed by atoms with Gasteiger partial charge in [-0.1, -0.05) is 0 Å². The van der Waals surface area contributed by atoms with Crippen LogP contribution in [-0.2, 0) is 7.05 Å². The van der Waals surface area contributed by atoms with Crippen molar-refractivity contribution in [2.24, 2.45) is 7.05 Å². The highest BCUT2D eigenvalue weighted by atomic mass is 16.5. The van der Waals surface area contributed by atoms with Crippen LogP contribution < -0.4 is 4.74 Å². The minimum absolute atomic E-state index is 0.525. The maximum atomic E-state index is 10.0. The van der Waals surface area contributed by atoms with E-state index in [0.717, 1.165) is 0 Å². The third kappa shape index (κ3) is 2.04. The lowest BCUT2D eigenvalue weighted by atomic mass is 10.1. The molecule has 0 fully saturated rings. The zero-order chi connectivity index (χ0) is 11.5.